The van der Waals surface area contributed by atoms with Crippen molar-refractivity contribution in [3.8, 4) is 0 Å². The first-order valence-corrected chi connectivity index (χ1v) is 17.0. The Bertz CT molecular complexity index is 1730. The van der Waals surface area contributed by atoms with E-state index in [9.17, 15) is 19.2 Å². The maximum Gasteiger partial charge on any atom is 0.356 e. The Kier molecular flexibility index (Phi) is 10.9. The van der Waals surface area contributed by atoms with Gasteiger partial charge in [0.2, 0.25) is 6.61 Å². The van der Waals surface area contributed by atoms with Gasteiger partial charge >= 0.3 is 11.9 Å². The van der Waals surface area contributed by atoms with Crippen LogP contribution in [0.1, 0.15) is 43.7 Å². The number of aromatic nitrogens is 1. The fraction of sp³-hybridized carbons (Fsp3) is 0.273. The molecule has 15 heteroatoms. The number of oxime groups is 1. The molecule has 0 spiro atoms. The molecule has 2 aliphatic heterocycles. The highest BCUT2D eigenvalue weighted by Crippen LogP contribution is 2.42. The van der Waals surface area contributed by atoms with Gasteiger partial charge in [0.05, 0.1) is 0 Å². The number of thiazole rings is 1. The van der Waals surface area contributed by atoms with Gasteiger partial charge in [0.25, 0.3) is 11.8 Å². The van der Waals surface area contributed by atoms with Crippen molar-refractivity contribution in [1.82, 2.24) is 15.2 Å². The molecule has 0 bridgehead atoms. The summed E-state index contributed by atoms with van der Waals surface area (Å²) < 4.78 is 11.3. The molecule has 250 valence electrons. The fourth-order valence-electron chi connectivity index (χ4n) is 4.91. The maximum atomic E-state index is 13.9. The Morgan fingerprint density at radius 3 is 2.33 bits per heavy atom. The van der Waals surface area contributed by atoms with Crippen LogP contribution in [0.25, 0.3) is 0 Å². The van der Waals surface area contributed by atoms with Gasteiger partial charge in [-0.2, -0.15) is 0 Å². The van der Waals surface area contributed by atoms with Gasteiger partial charge in [-0.1, -0.05) is 77.4 Å². The number of esters is 2. The van der Waals surface area contributed by atoms with Gasteiger partial charge in [0.1, 0.15) is 28.4 Å². The number of hydrogen-bond donors (Lipinski definition) is 2. The van der Waals surface area contributed by atoms with Gasteiger partial charge in [0.15, 0.2) is 16.9 Å². The van der Waals surface area contributed by atoms with Crippen LogP contribution in [-0.2, 0) is 33.5 Å². The first-order valence-electron chi connectivity index (χ1n) is 14.7. The summed E-state index contributed by atoms with van der Waals surface area (Å²) in [5.74, 6) is -2.46. The van der Waals surface area contributed by atoms with Gasteiger partial charge in [-0.3, -0.25) is 14.5 Å². The van der Waals surface area contributed by atoms with Crippen molar-refractivity contribution < 1.29 is 33.5 Å². The molecule has 2 aliphatic rings. The number of allylic oxidation sites excluding steroid dienone is 1. The number of amides is 2. The van der Waals surface area contributed by atoms with Gasteiger partial charge in [-0.05, 0) is 43.5 Å². The molecule has 1 saturated heterocycles. The Balaban J connectivity index is 1.35. The number of anilines is 1. The number of thioether (sulfide) groups is 1. The van der Waals surface area contributed by atoms with Crippen LogP contribution in [0.5, 0.6) is 0 Å². The van der Waals surface area contributed by atoms with Crippen molar-refractivity contribution in [3.63, 3.8) is 0 Å². The number of nitrogens with zero attached hydrogens (tertiary/aromatic N) is 3. The smallest absolute Gasteiger partial charge is 0.356 e. The molecule has 1 aromatic heterocycles. The zero-order chi connectivity index (χ0) is 34.4. The average Bonchev–Trinajstić information content (AvgIpc) is 3.49. The third-order valence-electron chi connectivity index (χ3n) is 6.91. The summed E-state index contributed by atoms with van der Waals surface area (Å²) in [4.78, 5) is 63.7. The molecule has 0 aliphatic carbocycles. The zero-order valence-corrected chi connectivity index (χ0v) is 28.5. The molecule has 1 unspecified atom stereocenters. The van der Waals surface area contributed by atoms with Crippen molar-refractivity contribution >= 4 is 69.3 Å². The standard InChI is InChI=1S/C33H32ClN5O7S2/c1-33(2,3)46-23(40)16-44-38-24(22-18-48-32(35)36-22)28(41)37-25-29(42)39-26(21(14-15-34)17-47-30(25)39)31(43)45-27(19-10-6-4-7-11-19)20-12-8-5-9-13-20/h4-15,18,25,27,30H,16-17H2,1-3H3,(H2,35,36)(H,37,41)/b15-14+,38-24?/t25?,30-/m1/s1. The van der Waals surface area contributed by atoms with Crippen LogP contribution < -0.4 is 11.1 Å². The second kappa shape index (κ2) is 15.0. The van der Waals surface area contributed by atoms with Crippen LogP contribution in [0.4, 0.5) is 5.13 Å². The van der Waals surface area contributed by atoms with E-state index in [1.807, 2.05) is 60.7 Å². The predicted octanol–water partition coefficient (Wildman–Crippen LogP) is 4.53. The van der Waals surface area contributed by atoms with Crippen LogP contribution in [0.2, 0.25) is 0 Å². The number of nitrogens with one attached hydrogen (secondary N) is 1. The van der Waals surface area contributed by atoms with E-state index in [0.29, 0.717) is 11.3 Å². The summed E-state index contributed by atoms with van der Waals surface area (Å²) in [5.41, 5.74) is 8.10. The number of rotatable bonds is 11. The van der Waals surface area contributed by atoms with E-state index in [1.165, 1.54) is 27.6 Å². The summed E-state index contributed by atoms with van der Waals surface area (Å²) in [6, 6.07) is 17.5. The Morgan fingerprint density at radius 2 is 1.77 bits per heavy atom. The van der Waals surface area contributed by atoms with E-state index in [4.69, 9.17) is 31.6 Å². The van der Waals surface area contributed by atoms with Gasteiger partial charge < -0.3 is 25.4 Å². The monoisotopic (exact) mass is 709 g/mol. The number of ether oxygens (including phenoxy) is 2. The predicted molar refractivity (Wildman–Crippen MR) is 183 cm³/mol. The third kappa shape index (κ3) is 8.06. The molecule has 3 heterocycles. The van der Waals surface area contributed by atoms with Crippen molar-refractivity contribution in [2.24, 2.45) is 5.16 Å². The number of hydrogen-bond acceptors (Lipinski definition) is 12. The number of fused-ring (bicyclic) bond motifs is 1. The van der Waals surface area contributed by atoms with E-state index >= 15 is 0 Å². The van der Waals surface area contributed by atoms with Gasteiger partial charge in [-0.25, -0.2) is 14.6 Å². The van der Waals surface area contributed by atoms with E-state index in [-0.39, 0.29) is 22.2 Å². The summed E-state index contributed by atoms with van der Waals surface area (Å²) in [7, 11) is 0. The molecule has 0 radical (unpaired) electrons. The molecule has 2 amide bonds. The number of β-lactam (4-membered cyclic amide) rings is 1. The lowest BCUT2D eigenvalue weighted by molar-refractivity contribution is -0.160. The van der Waals surface area contributed by atoms with E-state index in [0.717, 1.165) is 22.5 Å². The molecular weight excluding hydrogens is 678 g/mol. The Morgan fingerprint density at radius 1 is 1.12 bits per heavy atom. The molecule has 2 atom stereocenters. The highest BCUT2D eigenvalue weighted by Gasteiger charge is 2.54. The molecular formula is C33H32ClN5O7S2. The number of benzene rings is 2. The topological polar surface area (TPSA) is 163 Å². The molecule has 0 saturated carbocycles. The quantitative estimate of drug-likeness (QED) is 0.125. The highest BCUT2D eigenvalue weighted by atomic mass is 35.5. The highest BCUT2D eigenvalue weighted by molar-refractivity contribution is 8.00. The maximum absolute atomic E-state index is 13.9. The number of nitrogens with two attached hydrogens (primary N) is 1. The minimum absolute atomic E-state index is 0.0323. The normalized spacial score (nSPS) is 18.0. The van der Waals surface area contributed by atoms with Crippen LogP contribution in [-0.4, -0.2) is 68.7 Å². The van der Waals surface area contributed by atoms with Gasteiger partial charge in [0, 0.05) is 16.7 Å². The molecule has 3 N–H and O–H groups in total. The number of halogens is 1. The number of nitrogen functional groups attached to an aromatic ring is 1. The molecule has 5 rings (SSSR count). The molecule has 12 nitrogen and oxygen atoms in total. The van der Waals surface area contributed by atoms with Crippen LogP contribution >= 0.6 is 34.7 Å². The largest absolute Gasteiger partial charge is 0.457 e. The van der Waals surface area contributed by atoms with E-state index in [2.05, 4.69) is 15.5 Å². The van der Waals surface area contributed by atoms with E-state index in [1.54, 1.807) is 26.8 Å². The van der Waals surface area contributed by atoms with Crippen LogP contribution in [0.15, 0.2) is 94.1 Å². The Hall–Kier alpha value is -4.66. The first kappa shape index (κ1) is 34.7. The summed E-state index contributed by atoms with van der Waals surface area (Å²) in [6.45, 7) is 4.54. The second-order valence-corrected chi connectivity index (χ2v) is 13.8. The molecule has 48 heavy (non-hydrogen) atoms. The van der Waals surface area contributed by atoms with Crippen LogP contribution in [0.3, 0.4) is 0 Å². The fourth-order valence-corrected chi connectivity index (χ4v) is 6.93. The lowest BCUT2D eigenvalue weighted by atomic mass is 10.0. The van der Waals surface area contributed by atoms with E-state index < -0.39 is 53.5 Å². The summed E-state index contributed by atoms with van der Waals surface area (Å²) in [5, 5.41) is 7.53. The van der Waals surface area contributed by atoms with Crippen molar-refractivity contribution in [1.29, 1.82) is 0 Å². The lowest BCUT2D eigenvalue weighted by Gasteiger charge is -2.49. The molecule has 2 aromatic carbocycles. The van der Waals surface area contributed by atoms with Crippen molar-refractivity contribution in [2.75, 3.05) is 18.1 Å². The SMILES string of the molecule is CC(C)(C)OC(=O)CON=C(C(=O)NC1C(=O)N2C(C(=O)OC(c3ccccc3)c3ccccc3)=C(/C=C/Cl)CS[C@H]12)c1csc(N)n1. The van der Waals surface area contributed by atoms with Crippen molar-refractivity contribution in [2.45, 2.75) is 43.9 Å². The summed E-state index contributed by atoms with van der Waals surface area (Å²) >= 11 is 8.33. The third-order valence-corrected chi connectivity index (χ3v) is 9.01. The Labute approximate surface area is 289 Å². The second-order valence-electron chi connectivity index (χ2n) is 11.5. The van der Waals surface area contributed by atoms with Gasteiger partial charge in [-0.15, -0.1) is 23.1 Å². The zero-order valence-electron chi connectivity index (χ0n) is 26.1. The first-order chi connectivity index (χ1) is 23.0. The number of carbonyl (C=O) groups is 4. The molecule has 1 fully saturated rings. The summed E-state index contributed by atoms with van der Waals surface area (Å²) in [6.07, 6.45) is 0.790. The minimum Gasteiger partial charge on any atom is -0.457 e. The van der Waals surface area contributed by atoms with Crippen molar-refractivity contribution in [3.05, 3.63) is 106 Å². The minimum atomic E-state index is -1.03. The van der Waals surface area contributed by atoms with Crippen LogP contribution in [0, 0.1) is 0 Å². The average molecular weight is 710 g/mol. The molecule has 3 aromatic rings. The number of carbonyl (C=O) groups excluding carboxylic acids is 4. The lowest BCUT2D eigenvalue weighted by Crippen LogP contribution is -2.71.